The number of amides is 1. The SMILES string of the molecule is CCc1ccc(-c2ccc3c(c2)CC(CC)(CC)C3NC(=O)O[C@H]2CN3CCC2CC3)cc1. The summed E-state index contributed by atoms with van der Waals surface area (Å²) in [6.07, 6.45) is 6.23. The molecule has 4 nitrogen and oxygen atoms in total. The summed E-state index contributed by atoms with van der Waals surface area (Å²) >= 11 is 0. The maximum absolute atomic E-state index is 13.1. The van der Waals surface area contributed by atoms with Crippen LogP contribution in [0.3, 0.4) is 0 Å². The van der Waals surface area contributed by atoms with Gasteiger partial charge >= 0.3 is 6.09 Å². The summed E-state index contributed by atoms with van der Waals surface area (Å²) in [5.41, 5.74) is 6.55. The Morgan fingerprint density at radius 1 is 1.03 bits per heavy atom. The van der Waals surface area contributed by atoms with Gasteiger partial charge in [0.15, 0.2) is 0 Å². The highest BCUT2D eigenvalue weighted by Gasteiger charge is 2.45. The average molecular weight is 447 g/mol. The van der Waals surface area contributed by atoms with E-state index in [1.807, 2.05) is 0 Å². The Labute approximate surface area is 198 Å². The number of aryl methyl sites for hydroxylation is 1. The van der Waals surface area contributed by atoms with Gasteiger partial charge in [0.25, 0.3) is 0 Å². The van der Waals surface area contributed by atoms with E-state index in [2.05, 4.69) is 73.5 Å². The number of nitrogens with one attached hydrogen (secondary N) is 1. The second-order valence-electron chi connectivity index (χ2n) is 10.4. The second-order valence-corrected chi connectivity index (χ2v) is 10.4. The predicted octanol–water partition coefficient (Wildman–Crippen LogP) is 6.14. The minimum atomic E-state index is -0.239. The van der Waals surface area contributed by atoms with Gasteiger partial charge in [-0.15, -0.1) is 0 Å². The number of nitrogens with zero attached hydrogens (tertiary/aromatic N) is 1. The molecule has 0 saturated carbocycles. The first-order valence-electron chi connectivity index (χ1n) is 13.0. The van der Waals surface area contributed by atoms with Gasteiger partial charge in [0.05, 0.1) is 6.04 Å². The monoisotopic (exact) mass is 446 g/mol. The van der Waals surface area contributed by atoms with Crippen LogP contribution >= 0.6 is 0 Å². The molecule has 1 amide bonds. The lowest BCUT2D eigenvalue weighted by Gasteiger charge is -2.44. The molecule has 1 unspecified atom stereocenters. The fraction of sp³-hybridized carbons (Fsp3) is 0.552. The summed E-state index contributed by atoms with van der Waals surface area (Å²) in [5, 5.41) is 3.33. The second kappa shape index (κ2) is 9.13. The van der Waals surface area contributed by atoms with Crippen LogP contribution in [0.2, 0.25) is 0 Å². The Kier molecular flexibility index (Phi) is 6.22. The number of carbonyl (C=O) groups excluding carboxylic acids is 1. The fourth-order valence-corrected chi connectivity index (χ4v) is 6.44. The van der Waals surface area contributed by atoms with Crippen molar-refractivity contribution in [2.45, 2.75) is 71.4 Å². The molecule has 4 heteroatoms. The van der Waals surface area contributed by atoms with Crippen LogP contribution in [0.25, 0.3) is 11.1 Å². The molecule has 0 aromatic heterocycles. The number of fused-ring (bicyclic) bond motifs is 4. The van der Waals surface area contributed by atoms with Crippen LogP contribution < -0.4 is 5.32 Å². The van der Waals surface area contributed by atoms with Gasteiger partial charge in [-0.1, -0.05) is 63.2 Å². The van der Waals surface area contributed by atoms with Gasteiger partial charge in [-0.3, -0.25) is 4.90 Å². The van der Waals surface area contributed by atoms with Crippen LogP contribution in [0.1, 0.15) is 69.2 Å². The van der Waals surface area contributed by atoms with Crippen LogP contribution in [0, 0.1) is 11.3 Å². The molecule has 1 N–H and O–H groups in total. The minimum Gasteiger partial charge on any atom is -0.445 e. The third-order valence-corrected chi connectivity index (χ3v) is 8.83. The van der Waals surface area contributed by atoms with Gasteiger partial charge < -0.3 is 10.1 Å². The Morgan fingerprint density at radius 2 is 1.73 bits per heavy atom. The van der Waals surface area contributed by atoms with Crippen LogP contribution in [0.15, 0.2) is 42.5 Å². The smallest absolute Gasteiger partial charge is 0.407 e. The van der Waals surface area contributed by atoms with Crippen LogP contribution in [-0.2, 0) is 17.6 Å². The van der Waals surface area contributed by atoms with Crippen LogP contribution in [0.5, 0.6) is 0 Å². The molecule has 0 radical (unpaired) electrons. The molecule has 3 aliphatic heterocycles. The molecule has 3 saturated heterocycles. The Balaban J connectivity index is 1.36. The molecule has 2 aromatic rings. The molecule has 3 heterocycles. The number of rotatable bonds is 6. The van der Waals surface area contributed by atoms with Gasteiger partial charge in [0.1, 0.15) is 6.10 Å². The molecule has 176 valence electrons. The van der Waals surface area contributed by atoms with E-state index in [4.69, 9.17) is 4.74 Å². The largest absolute Gasteiger partial charge is 0.445 e. The molecule has 1 aliphatic carbocycles. The third kappa shape index (κ3) is 4.19. The molecular weight excluding hydrogens is 408 g/mol. The lowest BCUT2D eigenvalue weighted by atomic mass is 9.76. The molecule has 2 aromatic carbocycles. The van der Waals surface area contributed by atoms with Crippen molar-refractivity contribution in [3.05, 3.63) is 59.2 Å². The zero-order valence-corrected chi connectivity index (χ0v) is 20.4. The van der Waals surface area contributed by atoms with E-state index in [1.54, 1.807) is 0 Å². The third-order valence-electron chi connectivity index (χ3n) is 8.83. The number of benzene rings is 2. The first kappa shape index (κ1) is 22.5. The zero-order chi connectivity index (χ0) is 23.0. The first-order valence-corrected chi connectivity index (χ1v) is 13.0. The minimum absolute atomic E-state index is 0.00704. The summed E-state index contributed by atoms with van der Waals surface area (Å²) in [5.74, 6) is 0.528. The number of ether oxygens (including phenoxy) is 1. The molecule has 2 bridgehead atoms. The zero-order valence-electron chi connectivity index (χ0n) is 20.4. The van der Waals surface area contributed by atoms with E-state index in [9.17, 15) is 4.79 Å². The van der Waals surface area contributed by atoms with Crippen molar-refractivity contribution in [1.29, 1.82) is 0 Å². The number of hydrogen-bond acceptors (Lipinski definition) is 3. The summed E-state index contributed by atoms with van der Waals surface area (Å²) < 4.78 is 6.01. The predicted molar refractivity (Wildman–Crippen MR) is 133 cm³/mol. The highest BCUT2D eigenvalue weighted by molar-refractivity contribution is 5.70. The lowest BCUT2D eigenvalue weighted by molar-refractivity contribution is -0.0353. The van der Waals surface area contributed by atoms with Gasteiger partial charge in [-0.05, 0) is 90.8 Å². The summed E-state index contributed by atoms with van der Waals surface area (Å²) in [6, 6.07) is 15.7. The highest BCUT2D eigenvalue weighted by Crippen LogP contribution is 2.51. The quantitative estimate of drug-likeness (QED) is 0.579. The molecule has 4 aliphatic rings. The van der Waals surface area contributed by atoms with Crippen molar-refractivity contribution < 1.29 is 9.53 Å². The van der Waals surface area contributed by atoms with Gasteiger partial charge in [0, 0.05) is 6.54 Å². The average Bonchev–Trinajstić information content (AvgIpc) is 3.17. The van der Waals surface area contributed by atoms with E-state index in [0.29, 0.717) is 5.92 Å². The molecule has 3 fully saturated rings. The molecule has 0 spiro atoms. The molecular formula is C29H38N2O2. The Hall–Kier alpha value is -2.33. The molecule has 33 heavy (non-hydrogen) atoms. The van der Waals surface area contributed by atoms with Crippen molar-refractivity contribution in [2.24, 2.45) is 11.3 Å². The van der Waals surface area contributed by atoms with Crippen molar-refractivity contribution >= 4 is 6.09 Å². The maximum atomic E-state index is 13.1. The van der Waals surface area contributed by atoms with Crippen LogP contribution in [-0.4, -0.2) is 36.7 Å². The summed E-state index contributed by atoms with van der Waals surface area (Å²) in [6.45, 7) is 9.90. The topological polar surface area (TPSA) is 41.6 Å². The summed E-state index contributed by atoms with van der Waals surface area (Å²) in [4.78, 5) is 15.5. The standard InChI is InChI=1S/C29H38N2O2/c1-4-20-7-9-21(10-8-20)23-11-12-25-24(17-23)18-29(5-2,6-3)27(25)30-28(32)33-26-19-31-15-13-22(26)14-16-31/h7-12,17,22,26-27H,4-6,13-16,18-19H2,1-3H3,(H,30,32)/t26-,27?/m0/s1. The maximum Gasteiger partial charge on any atom is 0.407 e. The molecule has 2 atom stereocenters. The number of hydrogen-bond donors (Lipinski definition) is 1. The van der Waals surface area contributed by atoms with Gasteiger partial charge in [-0.25, -0.2) is 4.79 Å². The van der Waals surface area contributed by atoms with E-state index in [1.165, 1.54) is 27.8 Å². The van der Waals surface area contributed by atoms with Crippen LogP contribution in [0.4, 0.5) is 4.79 Å². The van der Waals surface area contributed by atoms with Crippen molar-refractivity contribution in [3.8, 4) is 11.1 Å². The van der Waals surface area contributed by atoms with E-state index >= 15 is 0 Å². The first-order chi connectivity index (χ1) is 16.0. The number of piperidine rings is 3. The lowest BCUT2D eigenvalue weighted by Crippen LogP contribution is -2.53. The number of carbonyl (C=O) groups is 1. The van der Waals surface area contributed by atoms with E-state index in [0.717, 1.165) is 58.2 Å². The normalized spacial score (nSPS) is 27.2. The van der Waals surface area contributed by atoms with E-state index < -0.39 is 0 Å². The Bertz CT molecular complexity index is 987. The van der Waals surface area contributed by atoms with Gasteiger partial charge in [-0.2, -0.15) is 0 Å². The van der Waals surface area contributed by atoms with Gasteiger partial charge in [0.2, 0.25) is 0 Å². The van der Waals surface area contributed by atoms with Crippen molar-refractivity contribution in [3.63, 3.8) is 0 Å². The highest BCUT2D eigenvalue weighted by atomic mass is 16.6. The van der Waals surface area contributed by atoms with Crippen molar-refractivity contribution in [2.75, 3.05) is 19.6 Å². The van der Waals surface area contributed by atoms with E-state index in [-0.39, 0.29) is 23.7 Å². The number of alkyl carbamates (subject to hydrolysis) is 1. The summed E-state index contributed by atoms with van der Waals surface area (Å²) in [7, 11) is 0. The Morgan fingerprint density at radius 3 is 2.33 bits per heavy atom. The fourth-order valence-electron chi connectivity index (χ4n) is 6.44. The van der Waals surface area contributed by atoms with Crippen molar-refractivity contribution in [1.82, 2.24) is 10.2 Å². The molecule has 6 rings (SSSR count).